The predicted octanol–water partition coefficient (Wildman–Crippen LogP) is 1.86. The summed E-state index contributed by atoms with van der Waals surface area (Å²) in [7, 11) is 0. The first kappa shape index (κ1) is 13.3. The maximum atomic E-state index is 10.9. The highest BCUT2D eigenvalue weighted by atomic mass is 16.4. The van der Waals surface area contributed by atoms with E-state index in [0.717, 1.165) is 5.56 Å². The molecule has 0 saturated carbocycles. The molecule has 0 aliphatic heterocycles. The van der Waals surface area contributed by atoms with Crippen molar-refractivity contribution in [3.63, 3.8) is 0 Å². The minimum Gasteiger partial charge on any atom is -0.480 e. The van der Waals surface area contributed by atoms with Crippen molar-refractivity contribution in [3.8, 4) is 0 Å². The van der Waals surface area contributed by atoms with Crippen LogP contribution in [-0.4, -0.2) is 27.6 Å². The number of benzene rings is 1. The molecule has 5 heteroatoms. The SMILES string of the molecule is O=C(O)CN(Cc1ccccc1)C(O)c1ccco1. The van der Waals surface area contributed by atoms with Crippen molar-refractivity contribution >= 4 is 5.97 Å². The summed E-state index contributed by atoms with van der Waals surface area (Å²) in [5, 5.41) is 19.1. The number of carboxylic acid groups (broad SMARTS) is 1. The van der Waals surface area contributed by atoms with Gasteiger partial charge in [0.15, 0.2) is 6.23 Å². The first-order valence-electron chi connectivity index (χ1n) is 5.88. The largest absolute Gasteiger partial charge is 0.480 e. The Bertz CT molecular complexity index is 510. The maximum absolute atomic E-state index is 10.9. The Labute approximate surface area is 110 Å². The molecule has 0 aliphatic carbocycles. The number of aliphatic carboxylic acids is 1. The van der Waals surface area contributed by atoms with Gasteiger partial charge in [-0.15, -0.1) is 0 Å². The van der Waals surface area contributed by atoms with Crippen molar-refractivity contribution in [1.82, 2.24) is 4.90 Å². The zero-order chi connectivity index (χ0) is 13.7. The van der Waals surface area contributed by atoms with Gasteiger partial charge in [-0.2, -0.15) is 0 Å². The third kappa shape index (κ3) is 3.67. The van der Waals surface area contributed by atoms with E-state index in [4.69, 9.17) is 9.52 Å². The molecule has 1 unspecified atom stereocenters. The van der Waals surface area contributed by atoms with Crippen LogP contribution in [0.5, 0.6) is 0 Å². The van der Waals surface area contributed by atoms with Crippen LogP contribution < -0.4 is 0 Å². The van der Waals surface area contributed by atoms with E-state index < -0.39 is 12.2 Å². The molecule has 0 bridgehead atoms. The molecule has 100 valence electrons. The van der Waals surface area contributed by atoms with Crippen molar-refractivity contribution in [2.45, 2.75) is 12.8 Å². The number of nitrogens with zero attached hydrogens (tertiary/aromatic N) is 1. The molecule has 1 aromatic carbocycles. The van der Waals surface area contributed by atoms with E-state index in [0.29, 0.717) is 12.3 Å². The van der Waals surface area contributed by atoms with Gasteiger partial charge < -0.3 is 14.6 Å². The summed E-state index contributed by atoms with van der Waals surface area (Å²) in [4.78, 5) is 12.3. The Morgan fingerprint density at radius 3 is 2.53 bits per heavy atom. The van der Waals surface area contributed by atoms with Crippen molar-refractivity contribution < 1.29 is 19.4 Å². The van der Waals surface area contributed by atoms with Gasteiger partial charge in [0, 0.05) is 6.54 Å². The Kier molecular flexibility index (Phi) is 4.33. The van der Waals surface area contributed by atoms with Crippen LogP contribution >= 0.6 is 0 Å². The molecule has 5 nitrogen and oxygen atoms in total. The Hall–Kier alpha value is -2.11. The summed E-state index contributed by atoms with van der Waals surface area (Å²) >= 11 is 0. The van der Waals surface area contributed by atoms with Gasteiger partial charge in [-0.05, 0) is 17.7 Å². The van der Waals surface area contributed by atoms with Crippen LogP contribution in [0, 0.1) is 0 Å². The lowest BCUT2D eigenvalue weighted by Gasteiger charge is -2.24. The summed E-state index contributed by atoms with van der Waals surface area (Å²) in [5.74, 6) is -0.668. The predicted molar refractivity (Wildman–Crippen MR) is 68.2 cm³/mol. The molecule has 0 amide bonds. The van der Waals surface area contributed by atoms with E-state index in [2.05, 4.69) is 0 Å². The van der Waals surface area contributed by atoms with E-state index in [1.807, 2.05) is 30.3 Å². The van der Waals surface area contributed by atoms with Gasteiger partial charge in [-0.1, -0.05) is 30.3 Å². The minimum atomic E-state index is -1.08. The minimum absolute atomic E-state index is 0.267. The second-order valence-electron chi connectivity index (χ2n) is 4.17. The Balaban J connectivity index is 2.14. The third-order valence-electron chi connectivity index (χ3n) is 2.71. The van der Waals surface area contributed by atoms with Crippen LogP contribution in [-0.2, 0) is 11.3 Å². The van der Waals surface area contributed by atoms with E-state index >= 15 is 0 Å². The van der Waals surface area contributed by atoms with E-state index in [-0.39, 0.29) is 6.54 Å². The third-order valence-corrected chi connectivity index (χ3v) is 2.71. The van der Waals surface area contributed by atoms with Gasteiger partial charge in [0.05, 0.1) is 12.8 Å². The van der Waals surface area contributed by atoms with Gasteiger partial charge in [0.25, 0.3) is 0 Å². The molecule has 2 N–H and O–H groups in total. The molecule has 1 heterocycles. The Morgan fingerprint density at radius 2 is 1.95 bits per heavy atom. The van der Waals surface area contributed by atoms with Crippen molar-refractivity contribution in [2.24, 2.45) is 0 Å². The van der Waals surface area contributed by atoms with Crippen molar-refractivity contribution in [3.05, 3.63) is 60.1 Å². The fourth-order valence-electron chi connectivity index (χ4n) is 1.84. The second-order valence-corrected chi connectivity index (χ2v) is 4.17. The zero-order valence-electron chi connectivity index (χ0n) is 10.3. The summed E-state index contributed by atoms with van der Waals surface area (Å²) in [5.41, 5.74) is 0.925. The highest BCUT2D eigenvalue weighted by Crippen LogP contribution is 2.20. The topological polar surface area (TPSA) is 73.9 Å². The highest BCUT2D eigenvalue weighted by molar-refractivity contribution is 5.69. The lowest BCUT2D eigenvalue weighted by Crippen LogP contribution is -2.33. The molecule has 1 aromatic heterocycles. The average Bonchev–Trinajstić information content (AvgIpc) is 2.91. The standard InChI is InChI=1S/C14H15NO4/c16-13(17)10-15(9-11-5-2-1-3-6-11)14(18)12-7-4-8-19-12/h1-8,14,18H,9-10H2,(H,16,17). The number of aliphatic hydroxyl groups is 1. The van der Waals surface area contributed by atoms with Crippen molar-refractivity contribution in [2.75, 3.05) is 6.54 Å². The molecule has 0 aliphatic rings. The van der Waals surface area contributed by atoms with Crippen LogP contribution in [0.15, 0.2) is 53.1 Å². The maximum Gasteiger partial charge on any atom is 0.317 e. The number of carboxylic acids is 1. The van der Waals surface area contributed by atoms with E-state index in [1.54, 1.807) is 12.1 Å². The summed E-state index contributed by atoms with van der Waals surface area (Å²) in [6.07, 6.45) is 0.367. The number of hydrogen-bond donors (Lipinski definition) is 2. The Morgan fingerprint density at radius 1 is 1.21 bits per heavy atom. The molecule has 0 fully saturated rings. The molecule has 1 atom stereocenters. The smallest absolute Gasteiger partial charge is 0.317 e. The van der Waals surface area contributed by atoms with Crippen molar-refractivity contribution in [1.29, 1.82) is 0 Å². The molecular weight excluding hydrogens is 246 g/mol. The van der Waals surface area contributed by atoms with Gasteiger partial charge in [0.2, 0.25) is 0 Å². The number of rotatable bonds is 6. The molecular formula is C14H15NO4. The van der Waals surface area contributed by atoms with Gasteiger partial charge in [-0.25, -0.2) is 0 Å². The fraction of sp³-hybridized carbons (Fsp3) is 0.214. The second kappa shape index (κ2) is 6.17. The van der Waals surface area contributed by atoms with Crippen LogP contribution in [0.1, 0.15) is 17.6 Å². The van der Waals surface area contributed by atoms with E-state index in [1.165, 1.54) is 11.2 Å². The van der Waals surface area contributed by atoms with Crippen LogP contribution in [0.3, 0.4) is 0 Å². The average molecular weight is 261 g/mol. The number of carbonyl (C=O) groups is 1. The number of aliphatic hydroxyl groups excluding tert-OH is 1. The first-order valence-corrected chi connectivity index (χ1v) is 5.88. The van der Waals surface area contributed by atoms with Crippen LogP contribution in [0.25, 0.3) is 0 Å². The highest BCUT2D eigenvalue weighted by Gasteiger charge is 2.22. The van der Waals surface area contributed by atoms with E-state index in [9.17, 15) is 9.90 Å². The van der Waals surface area contributed by atoms with Gasteiger partial charge in [-0.3, -0.25) is 9.69 Å². The molecule has 0 radical (unpaired) electrons. The monoisotopic (exact) mass is 261 g/mol. The lowest BCUT2D eigenvalue weighted by molar-refractivity contribution is -0.142. The normalized spacial score (nSPS) is 12.5. The molecule has 0 saturated heterocycles. The number of furan rings is 1. The quantitative estimate of drug-likeness (QED) is 0.776. The molecule has 2 rings (SSSR count). The van der Waals surface area contributed by atoms with Gasteiger partial charge >= 0.3 is 5.97 Å². The summed E-state index contributed by atoms with van der Waals surface area (Å²) < 4.78 is 5.11. The zero-order valence-corrected chi connectivity index (χ0v) is 10.3. The molecule has 0 spiro atoms. The summed E-state index contributed by atoms with van der Waals surface area (Å²) in [6.45, 7) is 0.0613. The lowest BCUT2D eigenvalue weighted by atomic mass is 10.2. The first-order chi connectivity index (χ1) is 9.16. The molecule has 2 aromatic rings. The van der Waals surface area contributed by atoms with Crippen LogP contribution in [0.4, 0.5) is 0 Å². The van der Waals surface area contributed by atoms with Gasteiger partial charge in [0.1, 0.15) is 5.76 Å². The van der Waals surface area contributed by atoms with Crippen LogP contribution in [0.2, 0.25) is 0 Å². The number of hydrogen-bond acceptors (Lipinski definition) is 4. The molecule has 19 heavy (non-hydrogen) atoms. The fourth-order valence-corrected chi connectivity index (χ4v) is 1.84. The summed E-state index contributed by atoms with van der Waals surface area (Å²) in [6, 6.07) is 12.6.